The van der Waals surface area contributed by atoms with Crippen LogP contribution in [0.5, 0.6) is 0 Å². The van der Waals surface area contributed by atoms with Gasteiger partial charge >= 0.3 is 5.97 Å². The lowest BCUT2D eigenvalue weighted by Crippen LogP contribution is -2.34. The van der Waals surface area contributed by atoms with E-state index in [1.54, 1.807) is 6.92 Å². The van der Waals surface area contributed by atoms with Crippen LogP contribution in [0.25, 0.3) is 0 Å². The van der Waals surface area contributed by atoms with Gasteiger partial charge in [0.2, 0.25) is 0 Å². The van der Waals surface area contributed by atoms with Crippen LogP contribution in [0.4, 0.5) is 0 Å². The van der Waals surface area contributed by atoms with Gasteiger partial charge in [-0.05, 0) is 31.7 Å². The summed E-state index contributed by atoms with van der Waals surface area (Å²) < 4.78 is 30.5. The molecule has 1 fully saturated rings. The molecule has 128 valence electrons. The largest absolute Gasteiger partial charge is 0.466 e. The van der Waals surface area contributed by atoms with Crippen LogP contribution in [0.15, 0.2) is 30.3 Å². The third kappa shape index (κ3) is 5.34. The van der Waals surface area contributed by atoms with E-state index in [9.17, 15) is 13.2 Å². The summed E-state index contributed by atoms with van der Waals surface area (Å²) in [5, 5.41) is -0.288. The maximum Gasteiger partial charge on any atom is 0.310 e. The van der Waals surface area contributed by atoms with E-state index in [2.05, 4.69) is 0 Å². The molecule has 0 amide bonds. The topological polar surface area (TPSA) is 60.4 Å². The molecule has 1 aromatic rings. The Morgan fingerprint density at radius 3 is 2.43 bits per heavy atom. The molecule has 1 atom stereocenters. The van der Waals surface area contributed by atoms with Crippen LogP contribution >= 0.6 is 0 Å². The predicted octanol–water partition coefficient (Wildman–Crippen LogP) is 3.16. The molecule has 0 saturated heterocycles. The Bertz CT molecular complexity index is 589. The van der Waals surface area contributed by atoms with E-state index in [1.165, 1.54) is 0 Å². The highest BCUT2D eigenvalue weighted by Crippen LogP contribution is 2.26. The van der Waals surface area contributed by atoms with Gasteiger partial charge in [-0.1, -0.05) is 49.6 Å². The van der Waals surface area contributed by atoms with Crippen molar-refractivity contribution in [3.8, 4) is 0 Å². The van der Waals surface area contributed by atoms with Crippen LogP contribution in [0, 0.1) is 5.92 Å². The summed E-state index contributed by atoms with van der Waals surface area (Å²) in [6.07, 6.45) is 4.90. The van der Waals surface area contributed by atoms with Crippen molar-refractivity contribution in [1.29, 1.82) is 0 Å². The second-order valence-electron chi connectivity index (χ2n) is 6.23. The van der Waals surface area contributed by atoms with Crippen LogP contribution in [-0.4, -0.2) is 32.0 Å². The maximum absolute atomic E-state index is 12.7. The second-order valence-corrected chi connectivity index (χ2v) is 8.55. The van der Waals surface area contributed by atoms with Crippen molar-refractivity contribution >= 4 is 15.8 Å². The monoisotopic (exact) mass is 338 g/mol. The fourth-order valence-corrected chi connectivity index (χ4v) is 5.35. The SMILES string of the molecule is CCOC(=O)C(Cc1ccccc1)CS(=O)(=O)C1CCCCC1. The molecule has 0 aromatic heterocycles. The Hall–Kier alpha value is -1.36. The first-order valence-electron chi connectivity index (χ1n) is 8.45. The number of hydrogen-bond donors (Lipinski definition) is 0. The zero-order valence-corrected chi connectivity index (χ0v) is 14.6. The molecule has 0 N–H and O–H groups in total. The van der Waals surface area contributed by atoms with Crippen molar-refractivity contribution in [1.82, 2.24) is 0 Å². The zero-order valence-electron chi connectivity index (χ0n) is 13.7. The number of carbonyl (C=O) groups is 1. The molecule has 5 heteroatoms. The van der Waals surface area contributed by atoms with Gasteiger partial charge in [0.05, 0.1) is 23.5 Å². The summed E-state index contributed by atoms with van der Waals surface area (Å²) in [4.78, 5) is 12.2. The summed E-state index contributed by atoms with van der Waals surface area (Å²) in [5.41, 5.74) is 0.962. The first-order valence-corrected chi connectivity index (χ1v) is 10.2. The lowest BCUT2D eigenvalue weighted by Gasteiger charge is -2.24. The summed E-state index contributed by atoms with van der Waals surface area (Å²) in [6.45, 7) is 2.01. The fourth-order valence-electron chi connectivity index (χ4n) is 3.21. The Balaban J connectivity index is 2.11. The molecule has 1 unspecified atom stereocenters. The summed E-state index contributed by atoms with van der Waals surface area (Å²) in [7, 11) is -3.27. The summed E-state index contributed by atoms with van der Waals surface area (Å²) in [5.74, 6) is -1.13. The van der Waals surface area contributed by atoms with Gasteiger partial charge in [-0.25, -0.2) is 8.42 Å². The van der Waals surface area contributed by atoms with Crippen LogP contribution in [0.2, 0.25) is 0 Å². The normalized spacial score (nSPS) is 17.6. The van der Waals surface area contributed by atoms with Crippen molar-refractivity contribution < 1.29 is 17.9 Å². The summed E-state index contributed by atoms with van der Waals surface area (Å²) in [6, 6.07) is 9.53. The molecule has 0 spiro atoms. The molecular formula is C18H26O4S. The van der Waals surface area contributed by atoms with E-state index in [4.69, 9.17) is 4.74 Å². The van der Waals surface area contributed by atoms with Crippen molar-refractivity contribution in [3.63, 3.8) is 0 Å². The number of benzene rings is 1. The van der Waals surface area contributed by atoms with E-state index in [0.29, 0.717) is 6.42 Å². The van der Waals surface area contributed by atoms with Gasteiger partial charge in [-0.3, -0.25) is 4.79 Å². The van der Waals surface area contributed by atoms with Crippen LogP contribution in [0.1, 0.15) is 44.6 Å². The Kier molecular flexibility index (Phi) is 6.63. The van der Waals surface area contributed by atoms with Crippen LogP contribution in [-0.2, 0) is 25.8 Å². The van der Waals surface area contributed by atoms with Crippen molar-refractivity contribution in [2.75, 3.05) is 12.4 Å². The van der Waals surface area contributed by atoms with Gasteiger partial charge in [-0.2, -0.15) is 0 Å². The van der Waals surface area contributed by atoms with Crippen molar-refractivity contribution in [2.24, 2.45) is 5.92 Å². The molecule has 1 aliphatic rings. The highest BCUT2D eigenvalue weighted by Gasteiger charge is 2.33. The average molecular weight is 338 g/mol. The summed E-state index contributed by atoms with van der Waals surface area (Å²) >= 11 is 0. The molecule has 23 heavy (non-hydrogen) atoms. The molecule has 2 rings (SSSR count). The number of hydrogen-bond acceptors (Lipinski definition) is 4. The zero-order chi connectivity index (χ0) is 16.7. The van der Waals surface area contributed by atoms with Gasteiger partial charge < -0.3 is 4.74 Å². The number of carbonyl (C=O) groups excluding carboxylic acids is 1. The van der Waals surface area contributed by atoms with Gasteiger partial charge in [0.1, 0.15) is 0 Å². The van der Waals surface area contributed by atoms with Gasteiger partial charge in [-0.15, -0.1) is 0 Å². The minimum Gasteiger partial charge on any atom is -0.466 e. The average Bonchev–Trinajstić information content (AvgIpc) is 2.56. The van der Waals surface area contributed by atoms with Crippen molar-refractivity contribution in [3.05, 3.63) is 35.9 Å². The molecule has 1 aromatic carbocycles. The van der Waals surface area contributed by atoms with E-state index in [0.717, 1.165) is 37.7 Å². The van der Waals surface area contributed by atoms with E-state index < -0.39 is 21.7 Å². The quantitative estimate of drug-likeness (QED) is 0.717. The third-order valence-electron chi connectivity index (χ3n) is 4.44. The van der Waals surface area contributed by atoms with Gasteiger partial charge in [0, 0.05) is 0 Å². The van der Waals surface area contributed by atoms with E-state index >= 15 is 0 Å². The Morgan fingerprint density at radius 2 is 1.83 bits per heavy atom. The predicted molar refractivity (Wildman–Crippen MR) is 90.9 cm³/mol. The lowest BCUT2D eigenvalue weighted by molar-refractivity contribution is -0.147. The smallest absolute Gasteiger partial charge is 0.310 e. The highest BCUT2D eigenvalue weighted by atomic mass is 32.2. The van der Waals surface area contributed by atoms with Gasteiger partial charge in [0.25, 0.3) is 0 Å². The Labute approximate surface area is 139 Å². The maximum atomic E-state index is 12.7. The molecule has 0 heterocycles. The number of rotatable bonds is 7. The molecule has 0 bridgehead atoms. The standard InChI is InChI=1S/C18H26O4S/c1-2-22-18(19)16(13-15-9-5-3-6-10-15)14-23(20,21)17-11-7-4-8-12-17/h3,5-6,9-10,16-17H,2,4,7-8,11-14H2,1H3. The van der Waals surface area contributed by atoms with E-state index in [-0.39, 0.29) is 17.6 Å². The molecule has 0 aliphatic heterocycles. The molecule has 4 nitrogen and oxygen atoms in total. The third-order valence-corrected chi connectivity index (χ3v) is 6.79. The minimum atomic E-state index is -3.27. The van der Waals surface area contributed by atoms with Crippen LogP contribution in [0.3, 0.4) is 0 Å². The molecular weight excluding hydrogens is 312 g/mol. The lowest BCUT2D eigenvalue weighted by atomic mass is 10.0. The van der Waals surface area contributed by atoms with Crippen LogP contribution < -0.4 is 0 Å². The first-order chi connectivity index (χ1) is 11.0. The molecule has 0 radical (unpaired) electrons. The number of sulfone groups is 1. The fraction of sp³-hybridized carbons (Fsp3) is 0.611. The Morgan fingerprint density at radius 1 is 1.17 bits per heavy atom. The van der Waals surface area contributed by atoms with E-state index in [1.807, 2.05) is 30.3 Å². The highest BCUT2D eigenvalue weighted by molar-refractivity contribution is 7.92. The first kappa shape index (κ1) is 18.0. The minimum absolute atomic E-state index is 0.106. The second kappa shape index (κ2) is 8.48. The van der Waals surface area contributed by atoms with Gasteiger partial charge in [0.15, 0.2) is 9.84 Å². The molecule has 1 aliphatic carbocycles. The van der Waals surface area contributed by atoms with Crippen molar-refractivity contribution in [2.45, 2.75) is 50.7 Å². The molecule has 1 saturated carbocycles. The number of esters is 1. The number of ether oxygens (including phenoxy) is 1.